The van der Waals surface area contributed by atoms with Crippen LogP contribution in [0, 0.1) is 0 Å². The lowest BCUT2D eigenvalue weighted by molar-refractivity contribution is 0.0132. The fourth-order valence-corrected chi connectivity index (χ4v) is 0.509. The van der Waals surface area contributed by atoms with Crippen LogP contribution in [0.15, 0.2) is 4.99 Å². The van der Waals surface area contributed by atoms with Crippen LogP contribution in [0.25, 0.3) is 0 Å². The first-order valence-corrected chi connectivity index (χ1v) is 2.45. The zero-order valence-corrected chi connectivity index (χ0v) is 4.50. The Labute approximate surface area is 47.5 Å². The van der Waals surface area contributed by atoms with Crippen molar-refractivity contribution in [3.05, 3.63) is 0 Å². The molecule has 4 heteroatoms. The van der Waals surface area contributed by atoms with Crippen LogP contribution in [0.3, 0.4) is 0 Å². The Morgan fingerprint density at radius 1 is 1.50 bits per heavy atom. The molecule has 0 spiro atoms. The zero-order valence-electron chi connectivity index (χ0n) is 4.50. The third-order valence-electron chi connectivity index (χ3n) is 0.952. The van der Waals surface area contributed by atoms with Gasteiger partial charge in [0.05, 0.1) is 13.2 Å². The third-order valence-corrected chi connectivity index (χ3v) is 0.952. The molecular weight excluding hydrogens is 106 g/mol. The Balaban J connectivity index is 2.27. The van der Waals surface area contributed by atoms with E-state index in [1.54, 1.807) is 0 Å². The number of hydrogen-bond donors (Lipinski definition) is 2. The summed E-state index contributed by atoms with van der Waals surface area (Å²) in [6.07, 6.45) is 0. The van der Waals surface area contributed by atoms with Crippen molar-refractivity contribution < 1.29 is 4.74 Å². The van der Waals surface area contributed by atoms with E-state index < -0.39 is 0 Å². The quantitative estimate of drug-likeness (QED) is 0.328. The van der Waals surface area contributed by atoms with Gasteiger partial charge in [-0.1, -0.05) is 0 Å². The van der Waals surface area contributed by atoms with Gasteiger partial charge in [-0.25, -0.2) is 4.99 Å². The molecule has 0 aliphatic carbocycles. The van der Waals surface area contributed by atoms with Crippen molar-refractivity contribution in [2.45, 2.75) is 6.04 Å². The molecule has 4 N–H and O–H groups in total. The van der Waals surface area contributed by atoms with Gasteiger partial charge in [0.1, 0.15) is 6.04 Å². The highest BCUT2D eigenvalue weighted by molar-refractivity contribution is 5.75. The van der Waals surface area contributed by atoms with Gasteiger partial charge in [-0.3, -0.25) is 0 Å². The SMILES string of the molecule is NC(N)=NC1COC1. The van der Waals surface area contributed by atoms with Crippen LogP contribution in [0.5, 0.6) is 0 Å². The van der Waals surface area contributed by atoms with E-state index in [1.165, 1.54) is 0 Å². The third kappa shape index (κ3) is 1.10. The molecule has 0 unspecified atom stereocenters. The number of nitrogens with two attached hydrogens (primary N) is 2. The second-order valence-electron chi connectivity index (χ2n) is 1.75. The van der Waals surface area contributed by atoms with Gasteiger partial charge in [0.25, 0.3) is 0 Å². The molecule has 4 nitrogen and oxygen atoms in total. The second-order valence-corrected chi connectivity index (χ2v) is 1.75. The Bertz CT molecular complexity index is 104. The van der Waals surface area contributed by atoms with Gasteiger partial charge >= 0.3 is 0 Å². The summed E-state index contributed by atoms with van der Waals surface area (Å²) in [6.45, 7) is 1.33. The van der Waals surface area contributed by atoms with Crippen LogP contribution in [0.2, 0.25) is 0 Å². The molecule has 0 bridgehead atoms. The van der Waals surface area contributed by atoms with Gasteiger partial charge in [0.15, 0.2) is 5.96 Å². The van der Waals surface area contributed by atoms with Crippen LogP contribution in [-0.2, 0) is 4.74 Å². The maximum atomic E-state index is 5.08. The highest BCUT2D eigenvalue weighted by Crippen LogP contribution is 2.03. The van der Waals surface area contributed by atoms with Crippen molar-refractivity contribution >= 4 is 5.96 Å². The van der Waals surface area contributed by atoms with Crippen LogP contribution in [0.4, 0.5) is 0 Å². The van der Waals surface area contributed by atoms with Gasteiger partial charge in [0.2, 0.25) is 0 Å². The molecule has 8 heavy (non-hydrogen) atoms. The molecule has 0 radical (unpaired) electrons. The van der Waals surface area contributed by atoms with E-state index in [-0.39, 0.29) is 12.0 Å². The number of hydrogen-bond acceptors (Lipinski definition) is 2. The summed E-state index contributed by atoms with van der Waals surface area (Å²) in [4.78, 5) is 3.83. The van der Waals surface area contributed by atoms with Crippen molar-refractivity contribution in [2.24, 2.45) is 16.5 Å². The first kappa shape index (κ1) is 5.37. The summed E-state index contributed by atoms with van der Waals surface area (Å²) < 4.78 is 4.82. The van der Waals surface area contributed by atoms with E-state index in [9.17, 15) is 0 Å². The van der Waals surface area contributed by atoms with Gasteiger partial charge in [0, 0.05) is 0 Å². The van der Waals surface area contributed by atoms with E-state index in [4.69, 9.17) is 16.2 Å². The molecule has 0 aromatic rings. The number of aliphatic imine (C=N–C) groups is 1. The minimum atomic E-state index is 0.151. The zero-order chi connectivity index (χ0) is 5.98. The summed E-state index contributed by atoms with van der Waals surface area (Å²) in [5.41, 5.74) is 10.2. The summed E-state index contributed by atoms with van der Waals surface area (Å²) >= 11 is 0. The normalized spacial score (nSPS) is 19.5. The maximum absolute atomic E-state index is 5.08. The molecule has 1 aliphatic rings. The summed E-state index contributed by atoms with van der Waals surface area (Å²) in [5.74, 6) is 0.151. The number of nitrogens with zero attached hydrogens (tertiary/aromatic N) is 1. The van der Waals surface area contributed by atoms with Crippen molar-refractivity contribution in [1.29, 1.82) is 0 Å². The largest absolute Gasteiger partial charge is 0.377 e. The van der Waals surface area contributed by atoms with E-state index >= 15 is 0 Å². The molecule has 1 fully saturated rings. The van der Waals surface area contributed by atoms with Crippen LogP contribution >= 0.6 is 0 Å². The summed E-state index contributed by atoms with van der Waals surface area (Å²) in [7, 11) is 0. The van der Waals surface area contributed by atoms with Gasteiger partial charge in [-0.2, -0.15) is 0 Å². The molecule has 46 valence electrons. The minimum absolute atomic E-state index is 0.151. The van der Waals surface area contributed by atoms with Crippen molar-refractivity contribution in [3.63, 3.8) is 0 Å². The van der Waals surface area contributed by atoms with Gasteiger partial charge in [-0.05, 0) is 0 Å². The van der Waals surface area contributed by atoms with Gasteiger partial charge < -0.3 is 16.2 Å². The first-order chi connectivity index (χ1) is 3.79. The van der Waals surface area contributed by atoms with Gasteiger partial charge in [-0.15, -0.1) is 0 Å². The molecule has 0 aromatic carbocycles. The molecule has 0 amide bonds. The van der Waals surface area contributed by atoms with Crippen LogP contribution in [-0.4, -0.2) is 25.2 Å². The second kappa shape index (κ2) is 2.00. The first-order valence-electron chi connectivity index (χ1n) is 2.45. The lowest BCUT2D eigenvalue weighted by Gasteiger charge is -2.21. The highest BCUT2D eigenvalue weighted by Gasteiger charge is 2.16. The minimum Gasteiger partial charge on any atom is -0.377 e. The predicted octanol–water partition coefficient (Wildman–Crippen LogP) is -1.34. The molecule has 1 aliphatic heterocycles. The Morgan fingerprint density at radius 3 is 2.25 bits per heavy atom. The van der Waals surface area contributed by atoms with E-state index in [0.717, 1.165) is 0 Å². The van der Waals surface area contributed by atoms with Crippen molar-refractivity contribution in [2.75, 3.05) is 13.2 Å². The monoisotopic (exact) mass is 115 g/mol. The molecule has 0 atom stereocenters. The summed E-state index contributed by atoms with van der Waals surface area (Å²) in [6, 6.07) is 0.222. The molecule has 0 aromatic heterocycles. The molecule has 1 saturated heterocycles. The maximum Gasteiger partial charge on any atom is 0.186 e. The molecular formula is C4H9N3O. The van der Waals surface area contributed by atoms with E-state index in [0.29, 0.717) is 13.2 Å². The van der Waals surface area contributed by atoms with Crippen LogP contribution in [0.1, 0.15) is 0 Å². The predicted molar refractivity (Wildman–Crippen MR) is 30.4 cm³/mol. The number of guanidine groups is 1. The smallest absolute Gasteiger partial charge is 0.186 e. The topological polar surface area (TPSA) is 73.6 Å². The number of rotatable bonds is 1. The average Bonchev–Trinajstić information content (AvgIpc) is 1.55. The molecule has 1 rings (SSSR count). The lowest BCUT2D eigenvalue weighted by Crippen LogP contribution is -2.36. The highest BCUT2D eigenvalue weighted by atomic mass is 16.5. The standard InChI is InChI=1S/C4H9N3O/c5-4(6)7-3-1-8-2-3/h3H,1-2H2,(H4,5,6,7). The van der Waals surface area contributed by atoms with E-state index in [2.05, 4.69) is 4.99 Å². The Hall–Kier alpha value is -0.770. The lowest BCUT2D eigenvalue weighted by atomic mass is 10.3. The fraction of sp³-hybridized carbons (Fsp3) is 0.750. The molecule has 0 saturated carbocycles. The van der Waals surface area contributed by atoms with E-state index in [1.807, 2.05) is 0 Å². The Morgan fingerprint density at radius 2 is 2.12 bits per heavy atom. The summed E-state index contributed by atoms with van der Waals surface area (Å²) in [5, 5.41) is 0. The average molecular weight is 115 g/mol. The molecule has 1 heterocycles. The van der Waals surface area contributed by atoms with Crippen LogP contribution < -0.4 is 11.5 Å². The van der Waals surface area contributed by atoms with Crippen molar-refractivity contribution in [3.8, 4) is 0 Å². The van der Waals surface area contributed by atoms with Crippen molar-refractivity contribution in [1.82, 2.24) is 0 Å². The fourth-order valence-electron chi connectivity index (χ4n) is 0.509. The Kier molecular flexibility index (Phi) is 1.34. The number of ether oxygens (including phenoxy) is 1.